The van der Waals surface area contributed by atoms with Gasteiger partial charge in [-0.1, -0.05) is 0 Å². The fourth-order valence-corrected chi connectivity index (χ4v) is 0.758. The molecule has 0 unspecified atom stereocenters. The third-order valence-corrected chi connectivity index (χ3v) is 1.34. The van der Waals surface area contributed by atoms with Gasteiger partial charge in [0.05, 0.1) is 0 Å². The number of anilines is 1. The van der Waals surface area contributed by atoms with Crippen LogP contribution in [0.1, 0.15) is 0 Å². The molecule has 14 heavy (non-hydrogen) atoms. The Balaban J connectivity index is 2.75. The van der Waals surface area contributed by atoms with Crippen LogP contribution in [0.5, 0.6) is 0 Å². The van der Waals surface area contributed by atoms with Crippen LogP contribution in [0, 0.1) is 0 Å². The molecule has 0 atom stereocenters. The molecule has 1 aromatic heterocycles. The van der Waals surface area contributed by atoms with E-state index in [1.807, 2.05) is 0 Å². The van der Waals surface area contributed by atoms with Gasteiger partial charge in [0.1, 0.15) is 0 Å². The van der Waals surface area contributed by atoms with Crippen LogP contribution >= 0.6 is 12.2 Å². The van der Waals surface area contributed by atoms with Gasteiger partial charge in [0, 0.05) is 12.4 Å². The SMILES string of the molecule is O=C(O)N(Nc1ncccn1)C(O)=S. The number of nitrogens with zero attached hydrogens (tertiary/aromatic N) is 3. The molecule has 0 bridgehead atoms. The van der Waals surface area contributed by atoms with E-state index in [0.717, 1.165) is 0 Å². The van der Waals surface area contributed by atoms with Gasteiger partial charge in [0.15, 0.2) is 0 Å². The predicted octanol–water partition coefficient (Wildman–Crippen LogP) is 0.626. The molecule has 1 rings (SSSR count). The van der Waals surface area contributed by atoms with Crippen molar-refractivity contribution in [1.29, 1.82) is 0 Å². The largest absolute Gasteiger partial charge is 0.485 e. The van der Waals surface area contributed by atoms with Crippen molar-refractivity contribution in [3.8, 4) is 0 Å². The van der Waals surface area contributed by atoms with E-state index in [4.69, 9.17) is 10.2 Å². The van der Waals surface area contributed by atoms with E-state index < -0.39 is 11.3 Å². The Labute approximate surface area is 84.0 Å². The average Bonchev–Trinajstić information content (AvgIpc) is 2.15. The van der Waals surface area contributed by atoms with Crippen LogP contribution in [0.25, 0.3) is 0 Å². The molecule has 1 amide bonds. The van der Waals surface area contributed by atoms with Crippen molar-refractivity contribution in [2.75, 3.05) is 5.43 Å². The molecule has 0 aliphatic rings. The lowest BCUT2D eigenvalue weighted by Crippen LogP contribution is -2.39. The molecule has 0 aromatic carbocycles. The number of thiocarbonyl (C=S) groups is 1. The highest BCUT2D eigenvalue weighted by Crippen LogP contribution is 1.98. The Bertz CT molecular complexity index is 330. The number of carbonyl (C=O) groups is 1. The summed E-state index contributed by atoms with van der Waals surface area (Å²) in [7, 11) is 0. The van der Waals surface area contributed by atoms with Crippen LogP contribution in [0.2, 0.25) is 0 Å². The van der Waals surface area contributed by atoms with Crippen molar-refractivity contribution in [2.45, 2.75) is 0 Å². The first-order valence-electron chi connectivity index (χ1n) is 3.41. The van der Waals surface area contributed by atoms with Crippen molar-refractivity contribution in [1.82, 2.24) is 15.0 Å². The van der Waals surface area contributed by atoms with Crippen LogP contribution in [-0.2, 0) is 0 Å². The van der Waals surface area contributed by atoms with Crippen LogP contribution in [0.15, 0.2) is 18.5 Å². The summed E-state index contributed by atoms with van der Waals surface area (Å²) in [6.45, 7) is 0. The molecule has 74 valence electrons. The van der Waals surface area contributed by atoms with Crippen molar-refractivity contribution in [2.24, 2.45) is 0 Å². The van der Waals surface area contributed by atoms with Gasteiger partial charge >= 0.3 is 6.09 Å². The molecule has 0 aliphatic heterocycles. The van der Waals surface area contributed by atoms with Crippen LogP contribution in [-0.4, -0.2) is 36.5 Å². The summed E-state index contributed by atoms with van der Waals surface area (Å²) in [6, 6.07) is 1.56. The first-order chi connectivity index (χ1) is 6.61. The molecular formula is C6H6N4O3S. The molecule has 3 N–H and O–H groups in total. The maximum atomic E-state index is 10.5. The Kier molecular flexibility index (Phi) is 3.13. The second-order valence-corrected chi connectivity index (χ2v) is 2.45. The van der Waals surface area contributed by atoms with Crippen LogP contribution in [0.4, 0.5) is 10.7 Å². The minimum absolute atomic E-state index is 0.0197. The molecule has 0 saturated heterocycles. The molecule has 0 aliphatic carbocycles. The number of hydrazine groups is 1. The van der Waals surface area contributed by atoms with Gasteiger partial charge in [0.2, 0.25) is 5.95 Å². The van der Waals surface area contributed by atoms with Crippen molar-refractivity contribution < 1.29 is 15.0 Å². The molecule has 0 fully saturated rings. The van der Waals surface area contributed by atoms with E-state index in [9.17, 15) is 4.79 Å². The van der Waals surface area contributed by atoms with Crippen LogP contribution < -0.4 is 5.43 Å². The zero-order valence-corrected chi connectivity index (χ0v) is 7.60. The monoisotopic (exact) mass is 214 g/mol. The molecule has 7 nitrogen and oxygen atoms in total. The van der Waals surface area contributed by atoms with Gasteiger partial charge in [-0.2, -0.15) is 0 Å². The maximum Gasteiger partial charge on any atom is 0.434 e. The van der Waals surface area contributed by atoms with E-state index >= 15 is 0 Å². The van der Waals surface area contributed by atoms with Gasteiger partial charge < -0.3 is 10.2 Å². The second-order valence-electron chi connectivity index (χ2n) is 2.08. The summed E-state index contributed by atoms with van der Waals surface area (Å²) >= 11 is 4.27. The zero-order chi connectivity index (χ0) is 10.6. The summed E-state index contributed by atoms with van der Waals surface area (Å²) in [5.41, 5.74) is 2.20. The first-order valence-corrected chi connectivity index (χ1v) is 3.81. The van der Waals surface area contributed by atoms with E-state index in [-0.39, 0.29) is 5.95 Å². The Morgan fingerprint density at radius 1 is 1.43 bits per heavy atom. The molecule has 0 spiro atoms. The van der Waals surface area contributed by atoms with E-state index in [1.54, 1.807) is 6.07 Å². The molecular weight excluding hydrogens is 208 g/mol. The Hall–Kier alpha value is -1.96. The maximum absolute atomic E-state index is 10.5. The minimum Gasteiger partial charge on any atom is -0.485 e. The number of amides is 1. The third kappa shape index (κ3) is 2.52. The van der Waals surface area contributed by atoms with Gasteiger partial charge in [-0.3, -0.25) is 5.43 Å². The lowest BCUT2D eigenvalue weighted by Gasteiger charge is -2.15. The Morgan fingerprint density at radius 3 is 2.43 bits per heavy atom. The minimum atomic E-state index is -1.45. The number of hydrogen-bond donors (Lipinski definition) is 3. The molecule has 1 aromatic rings. The lowest BCUT2D eigenvalue weighted by molar-refractivity contribution is 0.170. The summed E-state index contributed by atoms with van der Waals surface area (Å²) < 4.78 is 0. The lowest BCUT2D eigenvalue weighted by atomic mass is 10.7. The molecule has 8 heteroatoms. The van der Waals surface area contributed by atoms with Gasteiger partial charge in [-0.05, 0) is 18.3 Å². The zero-order valence-electron chi connectivity index (χ0n) is 6.78. The quantitative estimate of drug-likeness (QED) is 0.490. The molecule has 0 saturated carbocycles. The molecule has 0 radical (unpaired) electrons. The van der Waals surface area contributed by atoms with E-state index in [0.29, 0.717) is 5.01 Å². The van der Waals surface area contributed by atoms with Crippen molar-refractivity contribution in [3.63, 3.8) is 0 Å². The van der Waals surface area contributed by atoms with Gasteiger partial charge in [-0.25, -0.2) is 14.8 Å². The fraction of sp³-hybridized carbons (Fsp3) is 0. The summed E-state index contributed by atoms with van der Waals surface area (Å²) in [4.78, 5) is 17.9. The fourth-order valence-electron chi connectivity index (χ4n) is 0.634. The standard InChI is InChI=1S/C6H6N4O3S/c11-5(12)10(6(13)14)9-4-7-2-1-3-8-4/h1-3H,(H,11,12)(H,13,14)(H,7,8,9). The van der Waals surface area contributed by atoms with Gasteiger partial charge in [0.25, 0.3) is 5.17 Å². The number of aliphatic hydroxyl groups is 1. The normalized spacial score (nSPS) is 9.14. The molecule has 1 heterocycles. The van der Waals surface area contributed by atoms with E-state index in [1.165, 1.54) is 12.4 Å². The topological polar surface area (TPSA) is 98.6 Å². The highest BCUT2D eigenvalue weighted by molar-refractivity contribution is 7.79. The third-order valence-electron chi connectivity index (χ3n) is 1.16. The first kappa shape index (κ1) is 10.1. The highest BCUT2D eigenvalue weighted by atomic mass is 32.1. The summed E-state index contributed by atoms with van der Waals surface area (Å²) in [5.74, 6) is 0.0197. The second kappa shape index (κ2) is 4.33. The van der Waals surface area contributed by atoms with Crippen LogP contribution in [0.3, 0.4) is 0 Å². The number of nitrogens with one attached hydrogen (secondary N) is 1. The predicted molar refractivity (Wildman–Crippen MR) is 50.7 cm³/mol. The van der Waals surface area contributed by atoms with Crippen molar-refractivity contribution in [3.05, 3.63) is 18.5 Å². The number of hydrogen-bond acceptors (Lipinski definition) is 5. The van der Waals surface area contributed by atoms with E-state index in [2.05, 4.69) is 27.6 Å². The smallest absolute Gasteiger partial charge is 0.434 e. The summed E-state index contributed by atoms with van der Waals surface area (Å²) in [5, 5.41) is 16.9. The number of rotatable bonds is 2. The highest BCUT2D eigenvalue weighted by Gasteiger charge is 2.16. The number of aliphatic hydroxyl groups excluding tert-OH is 1. The summed E-state index contributed by atoms with van der Waals surface area (Å²) in [6.07, 6.45) is 1.37. The Morgan fingerprint density at radius 2 is 2.00 bits per heavy atom. The van der Waals surface area contributed by atoms with Gasteiger partial charge in [-0.15, -0.1) is 5.01 Å². The average molecular weight is 214 g/mol. The number of aromatic nitrogens is 2. The van der Waals surface area contributed by atoms with Crippen molar-refractivity contribution >= 4 is 29.4 Å². The number of carboxylic acid groups (broad SMARTS) is 1.